The second-order valence-electron chi connectivity index (χ2n) is 6.65. The molecule has 0 radical (unpaired) electrons. The van der Waals surface area contributed by atoms with Crippen LogP contribution in [0.4, 0.5) is 8.78 Å². The van der Waals surface area contributed by atoms with Crippen LogP contribution in [0.2, 0.25) is 0 Å². The van der Waals surface area contributed by atoms with Gasteiger partial charge in [0, 0.05) is 11.6 Å². The Bertz CT molecular complexity index is 423. The Morgan fingerprint density at radius 1 is 1.20 bits per heavy atom. The molecule has 114 valence electrons. The molecule has 0 saturated carbocycles. The fraction of sp³-hybridized carbons (Fsp3) is 0.647. The van der Waals surface area contributed by atoms with E-state index in [1.54, 1.807) is 12.1 Å². The van der Waals surface area contributed by atoms with Crippen LogP contribution in [0.1, 0.15) is 59.1 Å². The van der Waals surface area contributed by atoms with Crippen molar-refractivity contribution in [3.63, 3.8) is 0 Å². The van der Waals surface area contributed by atoms with Gasteiger partial charge in [0.05, 0.1) is 0 Å². The van der Waals surface area contributed by atoms with Crippen LogP contribution in [0.5, 0.6) is 0 Å². The Morgan fingerprint density at radius 3 is 2.40 bits per heavy atom. The highest BCUT2D eigenvalue weighted by Crippen LogP contribution is 2.34. The number of hydrogen-bond acceptors (Lipinski definition) is 1. The van der Waals surface area contributed by atoms with Crippen LogP contribution in [0.25, 0.3) is 0 Å². The zero-order valence-electron chi connectivity index (χ0n) is 13.3. The largest absolute Gasteiger partial charge is 0.310 e. The Morgan fingerprint density at radius 2 is 1.85 bits per heavy atom. The van der Waals surface area contributed by atoms with Gasteiger partial charge in [0.15, 0.2) is 11.6 Å². The number of nitrogens with one attached hydrogen (secondary N) is 1. The average Bonchev–Trinajstić information content (AvgIpc) is 2.36. The van der Waals surface area contributed by atoms with Crippen LogP contribution in [0.3, 0.4) is 0 Å². The smallest absolute Gasteiger partial charge is 0.163 e. The molecule has 1 aromatic carbocycles. The molecular weight excluding hydrogens is 256 g/mol. The third kappa shape index (κ3) is 4.55. The first-order valence-corrected chi connectivity index (χ1v) is 7.44. The lowest BCUT2D eigenvalue weighted by Crippen LogP contribution is -2.29. The molecule has 1 nitrogen and oxygen atoms in total. The van der Waals surface area contributed by atoms with E-state index >= 15 is 0 Å². The molecule has 0 aliphatic heterocycles. The van der Waals surface area contributed by atoms with E-state index < -0.39 is 11.6 Å². The highest BCUT2D eigenvalue weighted by molar-refractivity contribution is 5.22. The van der Waals surface area contributed by atoms with Crippen molar-refractivity contribution in [1.82, 2.24) is 5.32 Å². The lowest BCUT2D eigenvalue weighted by molar-refractivity contribution is 0.221. The number of benzene rings is 1. The highest BCUT2D eigenvalue weighted by Gasteiger charge is 2.26. The molecule has 0 fully saturated rings. The summed E-state index contributed by atoms with van der Waals surface area (Å²) in [5.41, 5.74) is 0.588. The summed E-state index contributed by atoms with van der Waals surface area (Å²) >= 11 is 0. The number of rotatable bonds is 6. The lowest BCUT2D eigenvalue weighted by Gasteiger charge is -2.31. The van der Waals surface area contributed by atoms with Crippen molar-refractivity contribution < 1.29 is 8.78 Å². The number of hydrogen-bond donors (Lipinski definition) is 1. The number of halogens is 2. The van der Waals surface area contributed by atoms with Gasteiger partial charge in [-0.15, -0.1) is 0 Å². The van der Waals surface area contributed by atoms with E-state index in [1.165, 1.54) is 6.07 Å². The summed E-state index contributed by atoms with van der Waals surface area (Å²) in [6, 6.07) is 4.29. The van der Waals surface area contributed by atoms with Gasteiger partial charge in [-0.1, -0.05) is 46.8 Å². The predicted octanol–water partition coefficient (Wildman–Crippen LogP) is 5.08. The van der Waals surface area contributed by atoms with Crippen molar-refractivity contribution in [2.75, 3.05) is 6.54 Å². The molecule has 0 heterocycles. The second kappa shape index (κ2) is 7.16. The maximum atomic E-state index is 14.0. The molecule has 20 heavy (non-hydrogen) atoms. The molecule has 0 spiro atoms. The van der Waals surface area contributed by atoms with Crippen molar-refractivity contribution in [3.8, 4) is 0 Å². The highest BCUT2D eigenvalue weighted by atomic mass is 19.2. The summed E-state index contributed by atoms with van der Waals surface area (Å²) in [7, 11) is 0. The summed E-state index contributed by atoms with van der Waals surface area (Å²) in [4.78, 5) is 0. The molecule has 2 atom stereocenters. The first-order valence-electron chi connectivity index (χ1n) is 7.44. The van der Waals surface area contributed by atoms with E-state index in [4.69, 9.17) is 0 Å². The van der Waals surface area contributed by atoms with Gasteiger partial charge in [0.1, 0.15) is 0 Å². The minimum absolute atomic E-state index is 0.139. The van der Waals surface area contributed by atoms with Gasteiger partial charge in [-0.2, -0.15) is 0 Å². The van der Waals surface area contributed by atoms with E-state index in [2.05, 4.69) is 39.9 Å². The van der Waals surface area contributed by atoms with E-state index in [0.29, 0.717) is 11.5 Å². The SMILES string of the molecule is CCCNC(CC(C)C(C)(C)C)c1cccc(F)c1F. The Labute approximate surface area is 121 Å². The summed E-state index contributed by atoms with van der Waals surface area (Å²) in [6.07, 6.45) is 1.77. The van der Waals surface area contributed by atoms with Gasteiger partial charge in [0.2, 0.25) is 0 Å². The molecule has 2 unspecified atom stereocenters. The monoisotopic (exact) mass is 283 g/mol. The maximum absolute atomic E-state index is 14.0. The first-order chi connectivity index (χ1) is 9.27. The minimum atomic E-state index is -0.769. The molecule has 1 aromatic rings. The normalized spacial score (nSPS) is 15.2. The zero-order chi connectivity index (χ0) is 15.3. The average molecular weight is 283 g/mol. The van der Waals surface area contributed by atoms with Crippen molar-refractivity contribution in [2.24, 2.45) is 11.3 Å². The van der Waals surface area contributed by atoms with Crippen molar-refractivity contribution >= 4 is 0 Å². The van der Waals surface area contributed by atoms with Gasteiger partial charge in [-0.3, -0.25) is 0 Å². The zero-order valence-corrected chi connectivity index (χ0v) is 13.3. The molecular formula is C17H27F2N. The Hall–Kier alpha value is -0.960. The summed E-state index contributed by atoms with van der Waals surface area (Å²) in [6.45, 7) is 11.6. The van der Waals surface area contributed by atoms with Crippen LogP contribution < -0.4 is 5.32 Å². The third-order valence-electron chi connectivity index (χ3n) is 4.07. The third-order valence-corrected chi connectivity index (χ3v) is 4.07. The Kier molecular flexibility index (Phi) is 6.12. The Balaban J connectivity index is 2.97. The standard InChI is InChI=1S/C17H27F2N/c1-6-10-20-15(11-12(2)17(3,4)5)13-8-7-9-14(18)16(13)19/h7-9,12,15,20H,6,10-11H2,1-5H3. The fourth-order valence-corrected chi connectivity index (χ4v) is 2.14. The lowest BCUT2D eigenvalue weighted by atomic mass is 9.77. The molecule has 1 N–H and O–H groups in total. The minimum Gasteiger partial charge on any atom is -0.310 e. The molecule has 0 amide bonds. The molecule has 0 saturated heterocycles. The molecule has 0 aliphatic carbocycles. The van der Waals surface area contributed by atoms with E-state index in [9.17, 15) is 8.78 Å². The molecule has 3 heteroatoms. The van der Waals surface area contributed by atoms with Crippen molar-refractivity contribution in [3.05, 3.63) is 35.4 Å². The van der Waals surface area contributed by atoms with E-state index in [-0.39, 0.29) is 11.5 Å². The van der Waals surface area contributed by atoms with Crippen molar-refractivity contribution in [1.29, 1.82) is 0 Å². The topological polar surface area (TPSA) is 12.0 Å². The first kappa shape index (κ1) is 17.1. The molecule has 1 rings (SSSR count). The summed E-state index contributed by atoms with van der Waals surface area (Å²) < 4.78 is 27.4. The predicted molar refractivity (Wildman–Crippen MR) is 80.6 cm³/mol. The van der Waals surface area contributed by atoms with E-state index in [0.717, 1.165) is 19.4 Å². The van der Waals surface area contributed by atoms with Gasteiger partial charge in [-0.25, -0.2) is 8.78 Å². The molecule has 0 bridgehead atoms. The van der Waals surface area contributed by atoms with Gasteiger partial charge in [0.25, 0.3) is 0 Å². The van der Waals surface area contributed by atoms with Crippen LogP contribution in [0, 0.1) is 23.0 Å². The van der Waals surface area contributed by atoms with Gasteiger partial charge < -0.3 is 5.32 Å². The molecule has 0 aliphatic rings. The van der Waals surface area contributed by atoms with Crippen LogP contribution >= 0.6 is 0 Å². The van der Waals surface area contributed by atoms with Gasteiger partial charge >= 0.3 is 0 Å². The summed E-state index contributed by atoms with van der Waals surface area (Å²) in [5.74, 6) is -1.09. The van der Waals surface area contributed by atoms with Crippen LogP contribution in [-0.4, -0.2) is 6.54 Å². The van der Waals surface area contributed by atoms with Crippen molar-refractivity contribution in [2.45, 2.75) is 53.5 Å². The van der Waals surface area contributed by atoms with E-state index in [1.807, 2.05) is 0 Å². The van der Waals surface area contributed by atoms with Crippen LogP contribution in [0.15, 0.2) is 18.2 Å². The van der Waals surface area contributed by atoms with Crippen LogP contribution in [-0.2, 0) is 0 Å². The fourth-order valence-electron chi connectivity index (χ4n) is 2.14. The molecule has 0 aromatic heterocycles. The maximum Gasteiger partial charge on any atom is 0.163 e. The summed E-state index contributed by atoms with van der Waals surface area (Å²) in [5, 5.41) is 3.35. The van der Waals surface area contributed by atoms with Gasteiger partial charge in [-0.05, 0) is 36.8 Å². The second-order valence-corrected chi connectivity index (χ2v) is 6.65. The quantitative estimate of drug-likeness (QED) is 0.768.